The van der Waals surface area contributed by atoms with Crippen molar-refractivity contribution < 1.29 is 8.62 Å². The number of benzene rings is 1. The zero-order chi connectivity index (χ0) is 8.27. The van der Waals surface area contributed by atoms with Crippen molar-refractivity contribution in [2.75, 3.05) is 7.11 Å². The third kappa shape index (κ3) is 2.10. The first-order valence-electron chi connectivity index (χ1n) is 2.90. The summed E-state index contributed by atoms with van der Waals surface area (Å²) in [6, 6.07) is 5.15. The van der Waals surface area contributed by atoms with Crippen molar-refractivity contribution in [1.82, 2.24) is 0 Å². The molecular formula is C7H6BrFOS. The third-order valence-electron chi connectivity index (χ3n) is 1.21. The maximum atomic E-state index is 12.1. The Morgan fingerprint density at radius 2 is 2.27 bits per heavy atom. The smallest absolute Gasteiger partial charge is 0.136 e. The zero-order valence-corrected chi connectivity index (χ0v) is 8.21. The van der Waals surface area contributed by atoms with Crippen LogP contribution in [0.3, 0.4) is 0 Å². The highest BCUT2D eigenvalue weighted by atomic mass is 79.9. The fraction of sp³-hybridized carbons (Fsp3) is 0.143. The number of rotatable bonds is 2. The minimum Gasteiger partial charge on any atom is -0.495 e. The molecule has 0 aromatic heterocycles. The van der Waals surface area contributed by atoms with Gasteiger partial charge in [0.1, 0.15) is 5.75 Å². The van der Waals surface area contributed by atoms with Gasteiger partial charge in [0.15, 0.2) is 0 Å². The molecule has 0 N–H and O–H groups in total. The molecule has 0 unspecified atom stereocenters. The lowest BCUT2D eigenvalue weighted by Gasteiger charge is -2.03. The van der Waals surface area contributed by atoms with Gasteiger partial charge in [0.05, 0.1) is 24.2 Å². The quantitative estimate of drug-likeness (QED) is 0.779. The average Bonchev–Trinajstić information content (AvgIpc) is 2.04. The number of hydrogen-bond donors (Lipinski definition) is 0. The maximum absolute atomic E-state index is 12.1. The summed E-state index contributed by atoms with van der Waals surface area (Å²) in [4.78, 5) is 0.496. The molecule has 0 bridgehead atoms. The molecule has 0 saturated heterocycles. The second-order valence-corrected chi connectivity index (χ2v) is 3.38. The van der Waals surface area contributed by atoms with E-state index in [4.69, 9.17) is 4.74 Å². The molecule has 0 amide bonds. The van der Waals surface area contributed by atoms with Crippen LogP contribution < -0.4 is 4.74 Å². The van der Waals surface area contributed by atoms with Gasteiger partial charge in [-0.2, -0.15) is 3.89 Å². The minimum atomic E-state index is 0.183. The summed E-state index contributed by atoms with van der Waals surface area (Å²) < 4.78 is 17.9. The van der Waals surface area contributed by atoms with E-state index >= 15 is 0 Å². The lowest BCUT2D eigenvalue weighted by atomic mass is 10.3. The van der Waals surface area contributed by atoms with E-state index < -0.39 is 0 Å². The third-order valence-corrected chi connectivity index (χ3v) is 2.21. The van der Waals surface area contributed by atoms with Crippen LogP contribution in [0.15, 0.2) is 27.6 Å². The Balaban J connectivity index is 3.06. The normalized spacial score (nSPS) is 9.73. The SMILES string of the molecule is COc1cc(Br)ccc1SF. The van der Waals surface area contributed by atoms with Crippen LogP contribution in [0.1, 0.15) is 0 Å². The van der Waals surface area contributed by atoms with Gasteiger partial charge in [0.2, 0.25) is 0 Å². The lowest BCUT2D eigenvalue weighted by Crippen LogP contribution is -1.84. The lowest BCUT2D eigenvalue weighted by molar-refractivity contribution is 0.404. The Bertz CT molecular complexity index is 254. The number of ether oxygens (including phenoxy) is 1. The van der Waals surface area contributed by atoms with Gasteiger partial charge in [-0.05, 0) is 18.2 Å². The minimum absolute atomic E-state index is 0.183. The van der Waals surface area contributed by atoms with Gasteiger partial charge in [0.25, 0.3) is 0 Å². The van der Waals surface area contributed by atoms with E-state index in [2.05, 4.69) is 15.9 Å². The molecule has 0 fully saturated rings. The first kappa shape index (κ1) is 8.87. The first-order chi connectivity index (χ1) is 5.27. The fourth-order valence-electron chi connectivity index (χ4n) is 0.705. The highest BCUT2D eigenvalue weighted by molar-refractivity contribution is 9.10. The Morgan fingerprint density at radius 3 is 2.82 bits per heavy atom. The van der Waals surface area contributed by atoms with E-state index in [0.717, 1.165) is 4.47 Å². The van der Waals surface area contributed by atoms with E-state index in [-0.39, 0.29) is 12.1 Å². The molecule has 0 saturated carbocycles. The van der Waals surface area contributed by atoms with E-state index in [9.17, 15) is 3.89 Å². The van der Waals surface area contributed by atoms with Gasteiger partial charge in [-0.15, -0.1) is 0 Å². The van der Waals surface area contributed by atoms with Crippen molar-refractivity contribution in [3.05, 3.63) is 22.7 Å². The van der Waals surface area contributed by atoms with Gasteiger partial charge in [-0.1, -0.05) is 15.9 Å². The second-order valence-electron chi connectivity index (χ2n) is 1.87. The summed E-state index contributed by atoms with van der Waals surface area (Å²) in [6.07, 6.45) is 0. The van der Waals surface area contributed by atoms with Crippen LogP contribution in [0.2, 0.25) is 0 Å². The molecule has 1 nitrogen and oxygen atoms in total. The first-order valence-corrected chi connectivity index (χ1v) is 4.41. The van der Waals surface area contributed by atoms with E-state index in [1.807, 2.05) is 0 Å². The summed E-state index contributed by atoms with van der Waals surface area (Å²) in [5, 5.41) is 0. The summed E-state index contributed by atoms with van der Waals surface area (Å²) in [5.41, 5.74) is 0. The van der Waals surface area contributed by atoms with Crippen LogP contribution >= 0.6 is 28.1 Å². The molecular weight excluding hydrogens is 231 g/mol. The molecule has 0 aliphatic carbocycles. The molecule has 0 aliphatic rings. The van der Waals surface area contributed by atoms with Gasteiger partial charge >= 0.3 is 0 Å². The summed E-state index contributed by atoms with van der Waals surface area (Å²) in [6.45, 7) is 0. The summed E-state index contributed by atoms with van der Waals surface area (Å²) in [5.74, 6) is 0.548. The Morgan fingerprint density at radius 1 is 1.55 bits per heavy atom. The fourth-order valence-corrected chi connectivity index (χ4v) is 1.38. The molecule has 0 spiro atoms. The van der Waals surface area contributed by atoms with Crippen molar-refractivity contribution in [2.45, 2.75) is 4.90 Å². The largest absolute Gasteiger partial charge is 0.495 e. The maximum Gasteiger partial charge on any atom is 0.136 e. The van der Waals surface area contributed by atoms with Crippen LogP contribution in [0.5, 0.6) is 5.75 Å². The van der Waals surface area contributed by atoms with E-state index in [1.54, 1.807) is 18.2 Å². The van der Waals surface area contributed by atoms with Crippen LogP contribution in [0.25, 0.3) is 0 Å². The van der Waals surface area contributed by atoms with Crippen LogP contribution in [-0.2, 0) is 0 Å². The van der Waals surface area contributed by atoms with Crippen LogP contribution in [0, 0.1) is 0 Å². The van der Waals surface area contributed by atoms with Crippen molar-refractivity contribution in [2.24, 2.45) is 0 Å². The molecule has 0 atom stereocenters. The Kier molecular flexibility index (Phi) is 3.20. The van der Waals surface area contributed by atoms with Crippen molar-refractivity contribution in [3.8, 4) is 5.75 Å². The molecule has 4 heteroatoms. The van der Waals surface area contributed by atoms with Gasteiger partial charge < -0.3 is 4.74 Å². The topological polar surface area (TPSA) is 9.23 Å². The number of hydrogen-bond acceptors (Lipinski definition) is 2. The van der Waals surface area contributed by atoms with Crippen molar-refractivity contribution in [3.63, 3.8) is 0 Å². The van der Waals surface area contributed by atoms with E-state index in [0.29, 0.717) is 10.6 Å². The molecule has 11 heavy (non-hydrogen) atoms. The highest BCUT2D eigenvalue weighted by Gasteiger charge is 2.02. The van der Waals surface area contributed by atoms with Crippen molar-refractivity contribution >= 4 is 28.1 Å². The molecule has 1 rings (SSSR count). The average molecular weight is 237 g/mol. The molecule has 0 heterocycles. The van der Waals surface area contributed by atoms with Gasteiger partial charge in [-0.3, -0.25) is 0 Å². The summed E-state index contributed by atoms with van der Waals surface area (Å²) in [7, 11) is 1.52. The van der Waals surface area contributed by atoms with E-state index in [1.165, 1.54) is 7.11 Å². The Hall–Kier alpha value is -0.220. The Labute approximate surface area is 77.4 Å². The monoisotopic (exact) mass is 236 g/mol. The standard InChI is InChI=1S/C7H6BrFOS/c1-10-6-4-5(8)2-3-7(6)11-9/h2-4H,1H3. The predicted octanol–water partition coefficient (Wildman–Crippen LogP) is 3.43. The molecule has 1 aromatic rings. The van der Waals surface area contributed by atoms with Crippen LogP contribution in [-0.4, -0.2) is 7.11 Å². The highest BCUT2D eigenvalue weighted by Crippen LogP contribution is 2.31. The second kappa shape index (κ2) is 3.97. The summed E-state index contributed by atoms with van der Waals surface area (Å²) >= 11 is 3.44. The van der Waals surface area contributed by atoms with Crippen molar-refractivity contribution in [1.29, 1.82) is 0 Å². The van der Waals surface area contributed by atoms with Crippen LogP contribution in [0.4, 0.5) is 3.89 Å². The number of methoxy groups -OCH3 is 1. The molecule has 60 valence electrons. The van der Waals surface area contributed by atoms with Gasteiger partial charge in [0, 0.05) is 4.47 Å². The predicted molar refractivity (Wildman–Crippen MR) is 47.7 cm³/mol. The molecule has 0 radical (unpaired) electrons. The van der Waals surface area contributed by atoms with Gasteiger partial charge in [-0.25, -0.2) is 0 Å². The molecule has 1 aromatic carbocycles. The molecule has 0 aliphatic heterocycles. The zero-order valence-electron chi connectivity index (χ0n) is 5.80. The number of halogens is 2.